The Morgan fingerprint density at radius 1 is 1.53 bits per heavy atom. The zero-order chi connectivity index (χ0) is 11.3. The first-order valence-corrected chi connectivity index (χ1v) is 4.77. The molecule has 15 heavy (non-hydrogen) atoms. The molecule has 80 valence electrons. The lowest BCUT2D eigenvalue weighted by atomic mass is 10.2. The van der Waals surface area contributed by atoms with E-state index in [-0.39, 0.29) is 11.8 Å². The van der Waals surface area contributed by atoms with E-state index in [4.69, 9.17) is 16.6 Å². The average Bonchev–Trinajstić information content (AvgIpc) is 2.26. The maximum atomic E-state index is 7.89. The Morgan fingerprint density at radius 3 is 2.73 bits per heavy atom. The van der Waals surface area contributed by atoms with Gasteiger partial charge < -0.3 is 5.73 Å². The Balaban J connectivity index is 2.86. The van der Waals surface area contributed by atoms with Gasteiger partial charge in [-0.15, -0.1) is 0 Å². The first-order chi connectivity index (χ1) is 7.16. The molecule has 5 heteroatoms. The van der Waals surface area contributed by atoms with Crippen molar-refractivity contribution in [1.29, 1.82) is 10.8 Å². The van der Waals surface area contributed by atoms with Gasteiger partial charge in [0.15, 0.2) is 5.96 Å². The summed E-state index contributed by atoms with van der Waals surface area (Å²) < 4.78 is 0. The van der Waals surface area contributed by atoms with E-state index < -0.39 is 0 Å². The maximum Gasteiger partial charge on any atom is 0.194 e. The van der Waals surface area contributed by atoms with Crippen molar-refractivity contribution < 1.29 is 0 Å². The van der Waals surface area contributed by atoms with Gasteiger partial charge in [0.1, 0.15) is 5.84 Å². The molecule has 0 bridgehead atoms. The van der Waals surface area contributed by atoms with Crippen LogP contribution in [-0.4, -0.2) is 28.2 Å². The number of nitrogens with two attached hydrogens (primary N) is 1. The van der Waals surface area contributed by atoms with Gasteiger partial charge in [-0.05, 0) is 18.6 Å². The number of nitrogens with zero attached hydrogens (tertiary/aromatic N) is 2. The highest BCUT2D eigenvalue weighted by Crippen LogP contribution is 2.03. The second-order valence-corrected chi connectivity index (χ2v) is 3.13. The zero-order valence-electron chi connectivity index (χ0n) is 8.70. The van der Waals surface area contributed by atoms with Crippen LogP contribution < -0.4 is 5.73 Å². The average molecular weight is 205 g/mol. The summed E-state index contributed by atoms with van der Waals surface area (Å²) >= 11 is 0. The summed E-state index contributed by atoms with van der Waals surface area (Å²) in [6.07, 6.45) is 4.07. The van der Waals surface area contributed by atoms with Crippen LogP contribution in [0.3, 0.4) is 0 Å². The molecule has 0 radical (unpaired) electrons. The first kappa shape index (κ1) is 11.2. The topological polar surface area (TPSA) is 89.9 Å². The fourth-order valence-electron chi connectivity index (χ4n) is 1.23. The van der Waals surface area contributed by atoms with E-state index in [1.165, 1.54) is 4.90 Å². The molecule has 0 aliphatic heterocycles. The largest absolute Gasteiger partial charge is 0.370 e. The van der Waals surface area contributed by atoms with Crippen molar-refractivity contribution in [3.63, 3.8) is 0 Å². The van der Waals surface area contributed by atoms with Crippen molar-refractivity contribution in [2.24, 2.45) is 5.73 Å². The van der Waals surface area contributed by atoms with Crippen molar-refractivity contribution in [3.8, 4) is 0 Å². The molecule has 0 unspecified atom stereocenters. The molecule has 0 amide bonds. The maximum absolute atomic E-state index is 7.89. The van der Waals surface area contributed by atoms with E-state index in [2.05, 4.69) is 4.98 Å². The summed E-state index contributed by atoms with van der Waals surface area (Å²) in [5, 5.41) is 15.3. The van der Waals surface area contributed by atoms with Crippen molar-refractivity contribution in [2.45, 2.75) is 13.3 Å². The molecule has 0 atom stereocenters. The molecule has 0 saturated heterocycles. The van der Waals surface area contributed by atoms with Crippen LogP contribution in [0.1, 0.15) is 18.9 Å². The summed E-state index contributed by atoms with van der Waals surface area (Å²) in [4.78, 5) is 5.38. The Morgan fingerprint density at radius 2 is 2.27 bits per heavy atom. The minimum Gasteiger partial charge on any atom is -0.370 e. The molecule has 1 heterocycles. The highest BCUT2D eigenvalue weighted by atomic mass is 15.3. The van der Waals surface area contributed by atoms with E-state index in [9.17, 15) is 0 Å². The number of pyridine rings is 1. The number of rotatable bonds is 3. The highest BCUT2D eigenvalue weighted by Gasteiger charge is 2.13. The van der Waals surface area contributed by atoms with E-state index in [1.54, 1.807) is 24.5 Å². The number of hydrogen-bond donors (Lipinski definition) is 3. The number of nitrogens with one attached hydrogen (secondary N) is 2. The van der Waals surface area contributed by atoms with E-state index in [1.807, 2.05) is 6.92 Å². The van der Waals surface area contributed by atoms with E-state index >= 15 is 0 Å². The van der Waals surface area contributed by atoms with Gasteiger partial charge in [0.25, 0.3) is 0 Å². The lowest BCUT2D eigenvalue weighted by molar-refractivity contribution is 0.582. The molecule has 1 aromatic heterocycles. The quantitative estimate of drug-likeness (QED) is 0.508. The van der Waals surface area contributed by atoms with Crippen LogP contribution in [0.15, 0.2) is 24.5 Å². The summed E-state index contributed by atoms with van der Waals surface area (Å²) in [7, 11) is 0. The predicted molar refractivity (Wildman–Crippen MR) is 60.0 cm³/mol. The van der Waals surface area contributed by atoms with Crippen molar-refractivity contribution in [1.82, 2.24) is 9.88 Å². The van der Waals surface area contributed by atoms with Gasteiger partial charge in [0.2, 0.25) is 0 Å². The standard InChI is InChI=1S/C10H15N5/c1-2-6-15(10(12)13)9(11)8-4-3-5-14-7-8/h3-5,7,11H,2,6H2,1H3,(H3,12,13). The molecular formula is C10H15N5. The van der Waals surface area contributed by atoms with Gasteiger partial charge in [-0.2, -0.15) is 0 Å². The molecule has 0 fully saturated rings. The van der Waals surface area contributed by atoms with Gasteiger partial charge in [-0.1, -0.05) is 6.92 Å². The zero-order valence-corrected chi connectivity index (χ0v) is 8.70. The van der Waals surface area contributed by atoms with Crippen molar-refractivity contribution >= 4 is 11.8 Å². The van der Waals surface area contributed by atoms with Gasteiger partial charge >= 0.3 is 0 Å². The minimum absolute atomic E-state index is 0.106. The Hall–Kier alpha value is -1.91. The normalized spacial score (nSPS) is 9.67. The molecule has 0 spiro atoms. The fourth-order valence-corrected chi connectivity index (χ4v) is 1.23. The van der Waals surface area contributed by atoms with Crippen LogP contribution in [0.4, 0.5) is 0 Å². The number of amidine groups is 1. The molecule has 0 aromatic carbocycles. The van der Waals surface area contributed by atoms with Gasteiger partial charge in [-0.25, -0.2) is 0 Å². The van der Waals surface area contributed by atoms with Crippen molar-refractivity contribution in [2.75, 3.05) is 6.54 Å². The number of guanidine groups is 1. The van der Waals surface area contributed by atoms with Gasteiger partial charge in [0.05, 0.1) is 0 Å². The third kappa shape index (κ3) is 2.77. The first-order valence-electron chi connectivity index (χ1n) is 4.77. The minimum atomic E-state index is -0.106. The van der Waals surface area contributed by atoms with Crippen LogP contribution in [0.5, 0.6) is 0 Å². The monoisotopic (exact) mass is 205 g/mol. The smallest absolute Gasteiger partial charge is 0.194 e. The molecule has 0 aliphatic rings. The number of hydrogen-bond acceptors (Lipinski definition) is 3. The summed E-state index contributed by atoms with van der Waals surface area (Å²) in [5.74, 6) is 0.114. The van der Waals surface area contributed by atoms with Crippen LogP contribution in [0, 0.1) is 10.8 Å². The highest BCUT2D eigenvalue weighted by molar-refractivity contribution is 6.05. The van der Waals surface area contributed by atoms with Crippen LogP contribution in [-0.2, 0) is 0 Å². The second kappa shape index (κ2) is 5.09. The predicted octanol–water partition coefficient (Wildman–Crippen LogP) is 1.01. The van der Waals surface area contributed by atoms with Gasteiger partial charge in [0, 0.05) is 24.5 Å². The lowest BCUT2D eigenvalue weighted by Gasteiger charge is -2.22. The molecule has 1 rings (SSSR count). The summed E-state index contributed by atoms with van der Waals surface area (Å²) in [6.45, 7) is 2.55. The molecule has 0 saturated carbocycles. The summed E-state index contributed by atoms with van der Waals surface area (Å²) in [6, 6.07) is 3.54. The van der Waals surface area contributed by atoms with Crippen LogP contribution >= 0.6 is 0 Å². The molecular weight excluding hydrogens is 190 g/mol. The Bertz CT molecular complexity index is 346. The number of aromatic nitrogens is 1. The SMILES string of the molecule is CCCN(C(=N)N)C(=N)c1cccnc1. The molecule has 4 N–H and O–H groups in total. The van der Waals surface area contributed by atoms with Crippen LogP contribution in [0.25, 0.3) is 0 Å². The Labute approximate surface area is 88.9 Å². The second-order valence-electron chi connectivity index (χ2n) is 3.13. The molecule has 1 aromatic rings. The molecule has 5 nitrogen and oxygen atoms in total. The third-order valence-corrected chi connectivity index (χ3v) is 1.94. The van der Waals surface area contributed by atoms with E-state index in [0.29, 0.717) is 12.1 Å². The van der Waals surface area contributed by atoms with Crippen molar-refractivity contribution in [3.05, 3.63) is 30.1 Å². The van der Waals surface area contributed by atoms with Gasteiger partial charge in [-0.3, -0.25) is 20.7 Å². The molecule has 0 aliphatic carbocycles. The summed E-state index contributed by atoms with van der Waals surface area (Å²) in [5.41, 5.74) is 6.08. The third-order valence-electron chi connectivity index (χ3n) is 1.94. The Kier molecular flexibility index (Phi) is 3.79. The lowest BCUT2D eigenvalue weighted by Crippen LogP contribution is -2.41. The fraction of sp³-hybridized carbons (Fsp3) is 0.300. The van der Waals surface area contributed by atoms with E-state index in [0.717, 1.165) is 6.42 Å². The van der Waals surface area contributed by atoms with Crippen LogP contribution in [0.2, 0.25) is 0 Å².